The van der Waals surface area contributed by atoms with Crippen LogP contribution in [0.1, 0.15) is 30.1 Å². The normalized spacial score (nSPS) is 15.5. The average molecular weight is 313 g/mol. The second-order valence-corrected chi connectivity index (χ2v) is 6.01. The first kappa shape index (κ1) is 15.5. The number of nitrogens with zero attached hydrogens (tertiary/aromatic N) is 2. The van der Waals surface area contributed by atoms with Crippen LogP contribution < -0.4 is 10.2 Å². The number of amides is 1. The van der Waals surface area contributed by atoms with Gasteiger partial charge < -0.3 is 10.2 Å². The van der Waals surface area contributed by atoms with Crippen molar-refractivity contribution < 1.29 is 9.18 Å². The summed E-state index contributed by atoms with van der Waals surface area (Å²) in [6, 6.07) is 9.60. The summed E-state index contributed by atoms with van der Waals surface area (Å²) in [5.74, 6) is 0.171. The van der Waals surface area contributed by atoms with Crippen molar-refractivity contribution in [3.05, 3.63) is 54.0 Å². The van der Waals surface area contributed by atoms with E-state index in [2.05, 4.69) is 22.1 Å². The van der Waals surface area contributed by atoms with E-state index >= 15 is 0 Å². The number of piperidine rings is 1. The maximum atomic E-state index is 13.6. The molecule has 5 heteroatoms. The summed E-state index contributed by atoms with van der Waals surface area (Å²) in [7, 11) is 0. The predicted molar refractivity (Wildman–Crippen MR) is 89.2 cm³/mol. The number of aromatic nitrogens is 1. The van der Waals surface area contributed by atoms with Crippen LogP contribution in [0.3, 0.4) is 0 Å². The number of pyridine rings is 1. The predicted octanol–water partition coefficient (Wildman–Crippen LogP) is 3.71. The van der Waals surface area contributed by atoms with Gasteiger partial charge >= 0.3 is 0 Å². The van der Waals surface area contributed by atoms with E-state index in [-0.39, 0.29) is 5.56 Å². The zero-order chi connectivity index (χ0) is 16.2. The fourth-order valence-corrected chi connectivity index (χ4v) is 2.74. The number of carbonyl (C=O) groups excluding carboxylic acids is 1. The van der Waals surface area contributed by atoms with Crippen LogP contribution in [0.15, 0.2) is 42.6 Å². The first-order valence-electron chi connectivity index (χ1n) is 7.90. The number of nitrogens with one attached hydrogen (secondary N) is 1. The van der Waals surface area contributed by atoms with Crippen molar-refractivity contribution in [2.24, 2.45) is 5.92 Å². The molecule has 0 aliphatic carbocycles. The molecule has 1 aliphatic rings. The maximum absolute atomic E-state index is 13.6. The van der Waals surface area contributed by atoms with E-state index in [9.17, 15) is 9.18 Å². The third kappa shape index (κ3) is 3.67. The lowest BCUT2D eigenvalue weighted by molar-refractivity contribution is 0.102. The van der Waals surface area contributed by atoms with Crippen molar-refractivity contribution in [2.75, 3.05) is 23.3 Å². The van der Waals surface area contributed by atoms with Crippen molar-refractivity contribution >= 4 is 17.4 Å². The van der Waals surface area contributed by atoms with E-state index in [1.807, 2.05) is 6.07 Å². The van der Waals surface area contributed by atoms with Crippen LogP contribution >= 0.6 is 0 Å². The Balaban J connectivity index is 1.66. The summed E-state index contributed by atoms with van der Waals surface area (Å²) >= 11 is 0. The Morgan fingerprint density at radius 3 is 2.61 bits per heavy atom. The molecule has 4 nitrogen and oxygen atoms in total. The smallest absolute Gasteiger partial charge is 0.259 e. The van der Waals surface area contributed by atoms with Crippen molar-refractivity contribution in [3.63, 3.8) is 0 Å². The monoisotopic (exact) mass is 313 g/mol. The molecule has 0 radical (unpaired) electrons. The summed E-state index contributed by atoms with van der Waals surface area (Å²) in [5, 5.41) is 2.63. The van der Waals surface area contributed by atoms with Crippen LogP contribution in [0, 0.1) is 11.7 Å². The molecule has 120 valence electrons. The standard InChI is InChI=1S/C18H20FN3O/c1-13-8-10-22(11-9-13)14-6-7-17(20-12-14)21-18(23)15-4-2-3-5-16(15)19/h2-7,12-13H,8-11H2,1H3,(H,20,21,23). The minimum atomic E-state index is -0.538. The van der Waals surface area contributed by atoms with Gasteiger partial charge in [-0.2, -0.15) is 0 Å². The highest BCUT2D eigenvalue weighted by molar-refractivity contribution is 6.03. The molecule has 1 aliphatic heterocycles. The summed E-state index contributed by atoms with van der Waals surface area (Å²) in [5.41, 5.74) is 1.07. The largest absolute Gasteiger partial charge is 0.370 e. The first-order valence-corrected chi connectivity index (χ1v) is 7.90. The number of carbonyl (C=O) groups is 1. The second kappa shape index (κ2) is 6.77. The lowest BCUT2D eigenvalue weighted by Crippen LogP contribution is -2.32. The van der Waals surface area contributed by atoms with Gasteiger partial charge in [0.1, 0.15) is 11.6 Å². The highest BCUT2D eigenvalue weighted by Crippen LogP contribution is 2.23. The number of benzene rings is 1. The SMILES string of the molecule is CC1CCN(c2ccc(NC(=O)c3ccccc3F)nc2)CC1. The van der Waals surface area contributed by atoms with Crippen molar-refractivity contribution in [2.45, 2.75) is 19.8 Å². The molecule has 1 saturated heterocycles. The fraction of sp³-hybridized carbons (Fsp3) is 0.333. The van der Waals surface area contributed by atoms with E-state index in [0.29, 0.717) is 5.82 Å². The van der Waals surface area contributed by atoms with Crippen LogP contribution in [0.5, 0.6) is 0 Å². The van der Waals surface area contributed by atoms with Crippen LogP contribution in [-0.4, -0.2) is 24.0 Å². The van der Waals surface area contributed by atoms with Crippen LogP contribution in [0.25, 0.3) is 0 Å². The van der Waals surface area contributed by atoms with Gasteiger partial charge in [-0.15, -0.1) is 0 Å². The summed E-state index contributed by atoms with van der Waals surface area (Å²) in [6.07, 6.45) is 4.13. The number of rotatable bonds is 3. The Morgan fingerprint density at radius 2 is 1.96 bits per heavy atom. The number of halogens is 1. The third-order valence-electron chi connectivity index (χ3n) is 4.26. The van der Waals surface area contributed by atoms with Crippen molar-refractivity contribution in [3.8, 4) is 0 Å². The van der Waals surface area contributed by atoms with E-state index in [0.717, 1.165) is 24.7 Å². The molecule has 1 aromatic heterocycles. The Kier molecular flexibility index (Phi) is 4.55. The molecule has 0 atom stereocenters. The molecule has 0 bridgehead atoms. The van der Waals surface area contributed by atoms with Gasteiger partial charge in [-0.1, -0.05) is 19.1 Å². The topological polar surface area (TPSA) is 45.2 Å². The molecule has 1 fully saturated rings. The lowest BCUT2D eigenvalue weighted by atomic mass is 9.99. The van der Waals surface area contributed by atoms with E-state index in [1.54, 1.807) is 24.4 Å². The van der Waals surface area contributed by atoms with E-state index < -0.39 is 11.7 Å². The average Bonchev–Trinajstić information content (AvgIpc) is 2.57. The van der Waals surface area contributed by atoms with Gasteiger partial charge in [-0.3, -0.25) is 4.79 Å². The summed E-state index contributed by atoms with van der Waals surface area (Å²) < 4.78 is 13.6. The zero-order valence-electron chi connectivity index (χ0n) is 13.1. The minimum absolute atomic E-state index is 0.0170. The van der Waals surface area contributed by atoms with Gasteiger partial charge in [0.05, 0.1) is 17.4 Å². The Labute approximate surface area is 135 Å². The molecule has 0 saturated carbocycles. The van der Waals surface area contributed by atoms with Crippen LogP contribution in [-0.2, 0) is 0 Å². The molecule has 1 amide bonds. The molecular formula is C18H20FN3O. The van der Waals surface area contributed by atoms with E-state index in [1.165, 1.54) is 25.0 Å². The second-order valence-electron chi connectivity index (χ2n) is 6.01. The maximum Gasteiger partial charge on any atom is 0.259 e. The highest BCUT2D eigenvalue weighted by atomic mass is 19.1. The molecule has 3 rings (SSSR count). The van der Waals surface area contributed by atoms with Gasteiger partial charge in [0.15, 0.2) is 0 Å². The van der Waals surface area contributed by atoms with Crippen molar-refractivity contribution in [1.82, 2.24) is 4.98 Å². The van der Waals surface area contributed by atoms with Gasteiger partial charge in [0.25, 0.3) is 5.91 Å². The third-order valence-corrected chi connectivity index (χ3v) is 4.26. The molecule has 2 aromatic rings. The summed E-state index contributed by atoms with van der Waals surface area (Å²) in [6.45, 7) is 4.34. The lowest BCUT2D eigenvalue weighted by Gasteiger charge is -2.31. The van der Waals surface area contributed by atoms with Crippen LogP contribution in [0.2, 0.25) is 0 Å². The summed E-state index contributed by atoms with van der Waals surface area (Å²) in [4.78, 5) is 18.6. The number of anilines is 2. The minimum Gasteiger partial charge on any atom is -0.370 e. The number of hydrogen-bond donors (Lipinski definition) is 1. The van der Waals surface area contributed by atoms with Crippen molar-refractivity contribution in [1.29, 1.82) is 0 Å². The van der Waals surface area contributed by atoms with Gasteiger partial charge in [-0.25, -0.2) is 9.37 Å². The Bertz CT molecular complexity index is 679. The molecule has 1 aromatic carbocycles. The molecule has 0 unspecified atom stereocenters. The number of hydrogen-bond acceptors (Lipinski definition) is 3. The molecule has 23 heavy (non-hydrogen) atoms. The van der Waals surface area contributed by atoms with Gasteiger partial charge in [-0.05, 0) is 43.0 Å². The molecular weight excluding hydrogens is 293 g/mol. The highest BCUT2D eigenvalue weighted by Gasteiger charge is 2.16. The molecule has 1 N–H and O–H groups in total. The Hall–Kier alpha value is -2.43. The van der Waals surface area contributed by atoms with Crippen LogP contribution in [0.4, 0.5) is 15.9 Å². The zero-order valence-corrected chi connectivity index (χ0v) is 13.1. The fourth-order valence-electron chi connectivity index (χ4n) is 2.74. The quantitative estimate of drug-likeness (QED) is 0.939. The van der Waals surface area contributed by atoms with Gasteiger partial charge in [0.2, 0.25) is 0 Å². The van der Waals surface area contributed by atoms with Gasteiger partial charge in [0, 0.05) is 13.1 Å². The molecule has 0 spiro atoms. The first-order chi connectivity index (χ1) is 11.1. The molecule has 2 heterocycles. The Morgan fingerprint density at radius 1 is 1.22 bits per heavy atom. The van der Waals surface area contributed by atoms with E-state index in [4.69, 9.17) is 0 Å².